The fourth-order valence-electron chi connectivity index (χ4n) is 4.21. The molecule has 1 saturated heterocycles. The summed E-state index contributed by atoms with van der Waals surface area (Å²) in [4.78, 5) is 10.1. The van der Waals surface area contributed by atoms with Crippen molar-refractivity contribution in [1.82, 2.24) is 9.88 Å². The van der Waals surface area contributed by atoms with Crippen LogP contribution in [0.3, 0.4) is 0 Å². The number of nitrogens with one attached hydrogen (secondary N) is 1. The number of rotatable bonds is 8. The summed E-state index contributed by atoms with van der Waals surface area (Å²) in [6, 6.07) is 19.6. The molecule has 0 spiro atoms. The predicted molar refractivity (Wildman–Crippen MR) is 136 cm³/mol. The van der Waals surface area contributed by atoms with Crippen LogP contribution in [-0.4, -0.2) is 49.2 Å². The van der Waals surface area contributed by atoms with E-state index in [9.17, 15) is 0 Å². The Morgan fingerprint density at radius 3 is 2.35 bits per heavy atom. The molecule has 0 aliphatic carbocycles. The van der Waals surface area contributed by atoms with E-state index in [2.05, 4.69) is 83.6 Å². The Bertz CT molecular complexity index is 943. The molecule has 0 unspecified atom stereocenters. The molecule has 2 heterocycles. The zero-order valence-electron chi connectivity index (χ0n) is 18.4. The van der Waals surface area contributed by atoms with Gasteiger partial charge in [-0.1, -0.05) is 70.5 Å². The molecule has 166 valence electrons. The predicted octanol–water partition coefficient (Wildman–Crippen LogP) is 6.28. The van der Waals surface area contributed by atoms with Crippen LogP contribution in [0.15, 0.2) is 54.6 Å². The van der Waals surface area contributed by atoms with Crippen LogP contribution in [0.2, 0.25) is 0 Å². The first-order chi connectivity index (χ1) is 14.8. The molecule has 4 heteroatoms. The second-order valence-electron chi connectivity index (χ2n) is 8.18. The molecule has 1 aromatic heterocycles. The van der Waals surface area contributed by atoms with Crippen molar-refractivity contribution in [2.24, 2.45) is 0 Å². The van der Waals surface area contributed by atoms with E-state index >= 15 is 0 Å². The molecule has 4 nitrogen and oxygen atoms in total. The van der Waals surface area contributed by atoms with Crippen LogP contribution in [0, 0.1) is 0 Å². The number of piperazine rings is 1. The molecular weight excluding hydrogens is 380 g/mol. The quantitative estimate of drug-likeness (QED) is 0.436. The Kier molecular flexibility index (Phi) is 8.30. The molecule has 0 bridgehead atoms. The van der Waals surface area contributed by atoms with Gasteiger partial charge in [-0.3, -0.25) is 0 Å². The fraction of sp³-hybridized carbons (Fsp3) is 0.444. The van der Waals surface area contributed by atoms with Gasteiger partial charge in [-0.05, 0) is 36.6 Å². The second kappa shape index (κ2) is 11.1. The Labute approximate surface area is 188 Å². The third kappa shape index (κ3) is 5.56. The van der Waals surface area contributed by atoms with E-state index in [0.717, 1.165) is 50.8 Å². The molecule has 0 radical (unpaired) electrons. The number of nitrogens with zero attached hydrogens (tertiary/aromatic N) is 3. The Balaban J connectivity index is 0.00000272. The smallest absolute Gasteiger partial charge is 0.137 e. The van der Waals surface area contributed by atoms with Crippen molar-refractivity contribution in [2.75, 3.05) is 49.5 Å². The van der Waals surface area contributed by atoms with E-state index in [1.54, 1.807) is 0 Å². The average Bonchev–Trinajstić information content (AvgIpc) is 2.81. The number of unbranched alkanes of at least 4 members (excludes halogenated alkanes) is 2. The number of aromatic nitrogens is 1. The zero-order chi connectivity index (χ0) is 20.8. The summed E-state index contributed by atoms with van der Waals surface area (Å²) in [7, 11) is 0. The highest BCUT2D eigenvalue weighted by Gasteiger charge is 2.19. The SMILES string of the molecule is C.CCCCCNc1ccc(-c2cc3ccccc3c(N3CCN(CC)CC3)n2)cc1. The van der Waals surface area contributed by atoms with Crippen LogP contribution in [0.1, 0.15) is 40.5 Å². The van der Waals surface area contributed by atoms with E-state index < -0.39 is 0 Å². The largest absolute Gasteiger partial charge is 0.385 e. The summed E-state index contributed by atoms with van der Waals surface area (Å²) in [6.07, 6.45) is 3.75. The van der Waals surface area contributed by atoms with Gasteiger partial charge in [-0.2, -0.15) is 0 Å². The topological polar surface area (TPSA) is 31.4 Å². The van der Waals surface area contributed by atoms with Gasteiger partial charge in [0.15, 0.2) is 0 Å². The lowest BCUT2D eigenvalue weighted by molar-refractivity contribution is 0.271. The third-order valence-electron chi connectivity index (χ3n) is 6.13. The Hall–Kier alpha value is -2.59. The summed E-state index contributed by atoms with van der Waals surface area (Å²) >= 11 is 0. The summed E-state index contributed by atoms with van der Waals surface area (Å²) in [5, 5.41) is 6.04. The summed E-state index contributed by atoms with van der Waals surface area (Å²) in [6.45, 7) is 10.9. The van der Waals surface area contributed by atoms with Crippen LogP contribution in [0.4, 0.5) is 11.5 Å². The molecule has 31 heavy (non-hydrogen) atoms. The number of likely N-dealkylation sites (N-methyl/N-ethyl adjacent to an activating group) is 1. The highest BCUT2D eigenvalue weighted by atomic mass is 15.3. The van der Waals surface area contributed by atoms with Crippen LogP contribution < -0.4 is 10.2 Å². The third-order valence-corrected chi connectivity index (χ3v) is 6.13. The van der Waals surface area contributed by atoms with Gasteiger partial charge in [-0.15, -0.1) is 0 Å². The van der Waals surface area contributed by atoms with Crippen molar-refractivity contribution in [3.63, 3.8) is 0 Å². The Morgan fingerprint density at radius 1 is 0.903 bits per heavy atom. The lowest BCUT2D eigenvalue weighted by Gasteiger charge is -2.35. The molecule has 1 aliphatic rings. The van der Waals surface area contributed by atoms with Crippen LogP contribution in [0.5, 0.6) is 0 Å². The molecule has 1 fully saturated rings. The first-order valence-electron chi connectivity index (χ1n) is 11.5. The van der Waals surface area contributed by atoms with Crippen molar-refractivity contribution >= 4 is 22.3 Å². The minimum Gasteiger partial charge on any atom is -0.385 e. The van der Waals surface area contributed by atoms with Crippen molar-refractivity contribution in [1.29, 1.82) is 0 Å². The lowest BCUT2D eigenvalue weighted by atomic mass is 10.1. The summed E-state index contributed by atoms with van der Waals surface area (Å²) in [5.74, 6) is 1.13. The lowest BCUT2D eigenvalue weighted by Crippen LogP contribution is -2.46. The molecule has 0 saturated carbocycles. The highest BCUT2D eigenvalue weighted by Crippen LogP contribution is 2.31. The van der Waals surface area contributed by atoms with Crippen LogP contribution >= 0.6 is 0 Å². The van der Waals surface area contributed by atoms with Crippen molar-refractivity contribution in [3.8, 4) is 11.3 Å². The van der Waals surface area contributed by atoms with E-state index in [1.807, 2.05) is 0 Å². The molecule has 1 N–H and O–H groups in total. The first-order valence-corrected chi connectivity index (χ1v) is 11.5. The molecule has 2 aromatic carbocycles. The fourth-order valence-corrected chi connectivity index (χ4v) is 4.21. The number of benzene rings is 2. The van der Waals surface area contributed by atoms with Gasteiger partial charge in [0, 0.05) is 49.4 Å². The first kappa shape index (κ1) is 23.1. The average molecular weight is 419 g/mol. The normalized spacial score (nSPS) is 14.5. The van der Waals surface area contributed by atoms with Gasteiger partial charge >= 0.3 is 0 Å². The molecule has 4 rings (SSSR count). The van der Waals surface area contributed by atoms with Gasteiger partial charge in [-0.25, -0.2) is 4.98 Å². The zero-order valence-corrected chi connectivity index (χ0v) is 18.4. The molecule has 0 amide bonds. The Morgan fingerprint density at radius 2 is 1.65 bits per heavy atom. The maximum Gasteiger partial charge on any atom is 0.137 e. The van der Waals surface area contributed by atoms with Crippen molar-refractivity contribution in [2.45, 2.75) is 40.5 Å². The van der Waals surface area contributed by atoms with Gasteiger partial charge < -0.3 is 15.1 Å². The maximum absolute atomic E-state index is 5.15. The van der Waals surface area contributed by atoms with Gasteiger partial charge in [0.2, 0.25) is 0 Å². The molecule has 1 aliphatic heterocycles. The summed E-state index contributed by atoms with van der Waals surface area (Å²) < 4.78 is 0. The van der Waals surface area contributed by atoms with Crippen LogP contribution in [-0.2, 0) is 0 Å². The van der Waals surface area contributed by atoms with Gasteiger partial charge in [0.05, 0.1) is 5.69 Å². The molecule has 0 atom stereocenters. The number of hydrogen-bond acceptors (Lipinski definition) is 4. The number of hydrogen-bond donors (Lipinski definition) is 1. The van der Waals surface area contributed by atoms with E-state index in [-0.39, 0.29) is 7.43 Å². The van der Waals surface area contributed by atoms with E-state index in [0.29, 0.717) is 0 Å². The summed E-state index contributed by atoms with van der Waals surface area (Å²) in [5.41, 5.74) is 3.42. The van der Waals surface area contributed by atoms with Crippen molar-refractivity contribution in [3.05, 3.63) is 54.6 Å². The van der Waals surface area contributed by atoms with E-state index in [4.69, 9.17) is 4.98 Å². The molecular formula is C27H38N4. The monoisotopic (exact) mass is 418 g/mol. The van der Waals surface area contributed by atoms with Crippen LogP contribution in [0.25, 0.3) is 22.0 Å². The standard InChI is InChI=1S/C26H34N4.CH4/c1-3-5-8-15-27-23-13-11-21(12-14-23)25-20-22-9-6-7-10-24(22)26(28-25)30-18-16-29(4-2)17-19-30;/h6-7,9-14,20,27H,3-5,8,15-19H2,1-2H3;1H4. The van der Waals surface area contributed by atoms with Gasteiger partial charge in [0.25, 0.3) is 0 Å². The molecule has 3 aromatic rings. The number of pyridine rings is 1. The minimum atomic E-state index is 0. The van der Waals surface area contributed by atoms with Gasteiger partial charge in [0.1, 0.15) is 5.82 Å². The highest BCUT2D eigenvalue weighted by molar-refractivity contribution is 5.95. The van der Waals surface area contributed by atoms with E-state index in [1.165, 1.54) is 41.3 Å². The maximum atomic E-state index is 5.15. The minimum absolute atomic E-state index is 0. The second-order valence-corrected chi connectivity index (χ2v) is 8.18. The number of fused-ring (bicyclic) bond motifs is 1. The number of anilines is 2. The van der Waals surface area contributed by atoms with Crippen molar-refractivity contribution < 1.29 is 0 Å².